The average molecular weight is 373 g/mol. The predicted molar refractivity (Wildman–Crippen MR) is 109 cm³/mol. The highest BCUT2D eigenvalue weighted by Gasteiger charge is 2.04. The first kappa shape index (κ1) is 17.5. The van der Waals surface area contributed by atoms with Crippen molar-refractivity contribution in [3.05, 3.63) is 72.1 Å². The van der Waals surface area contributed by atoms with Crippen LogP contribution in [0.3, 0.4) is 0 Å². The number of carbonyl (C=O) groups is 1. The zero-order valence-corrected chi connectivity index (χ0v) is 15.2. The quantitative estimate of drug-likeness (QED) is 0.400. The molecule has 2 aromatic heterocycles. The molecule has 0 radical (unpaired) electrons. The summed E-state index contributed by atoms with van der Waals surface area (Å²) >= 11 is 0. The zero-order chi connectivity index (χ0) is 19.5. The van der Waals surface area contributed by atoms with Crippen LogP contribution in [-0.4, -0.2) is 26.0 Å². The third kappa shape index (κ3) is 4.09. The number of anilines is 4. The van der Waals surface area contributed by atoms with Gasteiger partial charge in [0.15, 0.2) is 0 Å². The van der Waals surface area contributed by atoms with Crippen molar-refractivity contribution in [3.8, 4) is 0 Å². The number of aliphatic carboxylic acids is 1. The van der Waals surface area contributed by atoms with Crippen molar-refractivity contribution in [1.29, 1.82) is 0 Å². The van der Waals surface area contributed by atoms with E-state index in [0.29, 0.717) is 11.8 Å². The van der Waals surface area contributed by atoms with Gasteiger partial charge in [-0.15, -0.1) is 0 Å². The number of aromatic nitrogens is 3. The fraction of sp³-hybridized carbons (Fsp3) is 0.0952. The molecule has 2 heterocycles. The zero-order valence-electron chi connectivity index (χ0n) is 15.2. The number of fused-ring (bicyclic) bond motifs is 1. The summed E-state index contributed by atoms with van der Waals surface area (Å²) in [5, 5.41) is 16.4. The Hall–Kier alpha value is -3.87. The summed E-state index contributed by atoms with van der Waals surface area (Å²) in [6.07, 6.45) is 1.68. The summed E-state index contributed by atoms with van der Waals surface area (Å²) in [4.78, 5) is 22.8. The Balaban J connectivity index is 1.48. The van der Waals surface area contributed by atoms with Crippen molar-refractivity contribution in [2.45, 2.75) is 13.3 Å². The van der Waals surface area contributed by atoms with E-state index in [4.69, 9.17) is 5.11 Å². The van der Waals surface area contributed by atoms with E-state index in [-0.39, 0.29) is 6.42 Å². The summed E-state index contributed by atoms with van der Waals surface area (Å²) < 4.78 is 0. The Labute approximate surface area is 161 Å². The summed E-state index contributed by atoms with van der Waals surface area (Å²) in [5.41, 5.74) is 4.68. The van der Waals surface area contributed by atoms with E-state index in [0.717, 1.165) is 33.5 Å². The van der Waals surface area contributed by atoms with Crippen molar-refractivity contribution >= 4 is 40.0 Å². The molecule has 28 heavy (non-hydrogen) atoms. The number of carboxylic acids is 1. The number of rotatable bonds is 6. The van der Waals surface area contributed by atoms with Crippen LogP contribution in [0.5, 0.6) is 0 Å². The molecule has 2 aromatic carbocycles. The van der Waals surface area contributed by atoms with Crippen LogP contribution in [0, 0.1) is 6.92 Å². The average Bonchev–Trinajstić information content (AvgIpc) is 3.02. The molecule has 140 valence electrons. The van der Waals surface area contributed by atoms with E-state index >= 15 is 0 Å². The minimum absolute atomic E-state index is 0.00119. The number of nitrogens with one attached hydrogen (secondary N) is 3. The van der Waals surface area contributed by atoms with Crippen LogP contribution in [0.2, 0.25) is 0 Å². The Kier molecular flexibility index (Phi) is 4.63. The maximum atomic E-state index is 10.8. The number of aryl methyl sites for hydroxylation is 1. The van der Waals surface area contributed by atoms with Crippen molar-refractivity contribution in [3.63, 3.8) is 0 Å². The number of aromatic amines is 1. The Morgan fingerprint density at radius 3 is 2.61 bits per heavy atom. The highest BCUT2D eigenvalue weighted by Crippen LogP contribution is 2.23. The fourth-order valence-corrected chi connectivity index (χ4v) is 3.00. The van der Waals surface area contributed by atoms with Crippen LogP contribution in [0.15, 0.2) is 60.8 Å². The molecule has 0 bridgehead atoms. The van der Waals surface area contributed by atoms with Gasteiger partial charge >= 0.3 is 5.97 Å². The molecule has 0 atom stereocenters. The summed E-state index contributed by atoms with van der Waals surface area (Å²) in [7, 11) is 0. The van der Waals surface area contributed by atoms with Gasteiger partial charge in [0, 0.05) is 34.2 Å². The van der Waals surface area contributed by atoms with E-state index < -0.39 is 5.97 Å². The molecule has 7 heteroatoms. The lowest BCUT2D eigenvalue weighted by Crippen LogP contribution is -2.02. The van der Waals surface area contributed by atoms with Crippen molar-refractivity contribution in [2.75, 3.05) is 10.6 Å². The monoisotopic (exact) mass is 373 g/mol. The molecule has 0 spiro atoms. The summed E-state index contributed by atoms with van der Waals surface area (Å²) in [6, 6.07) is 17.1. The van der Waals surface area contributed by atoms with Crippen molar-refractivity contribution in [1.82, 2.24) is 15.0 Å². The predicted octanol–water partition coefficient (Wildman–Crippen LogP) is 4.38. The summed E-state index contributed by atoms with van der Waals surface area (Å²) in [6.45, 7) is 2.03. The van der Waals surface area contributed by atoms with Crippen molar-refractivity contribution < 1.29 is 9.90 Å². The lowest BCUT2D eigenvalue weighted by Gasteiger charge is -2.09. The van der Waals surface area contributed by atoms with E-state index in [1.807, 2.05) is 31.2 Å². The van der Waals surface area contributed by atoms with E-state index in [1.165, 1.54) is 0 Å². The lowest BCUT2D eigenvalue weighted by atomic mass is 10.1. The maximum absolute atomic E-state index is 10.8. The molecule has 0 saturated heterocycles. The number of carboxylic acid groups (broad SMARTS) is 1. The first-order valence-electron chi connectivity index (χ1n) is 8.82. The minimum atomic E-state index is -0.851. The first-order valence-corrected chi connectivity index (χ1v) is 8.82. The highest BCUT2D eigenvalue weighted by atomic mass is 16.4. The molecule has 0 fully saturated rings. The fourth-order valence-electron chi connectivity index (χ4n) is 3.00. The van der Waals surface area contributed by atoms with Gasteiger partial charge in [0.05, 0.1) is 6.42 Å². The Morgan fingerprint density at radius 2 is 1.82 bits per heavy atom. The molecule has 0 aliphatic heterocycles. The molecule has 4 aromatic rings. The standard InChI is InChI=1S/C21H19N5O2/c1-13-10-15-12-17(6-7-18(15)23-13)24-19-8-9-22-21(26-19)25-16-4-2-14(3-5-16)11-20(27)28/h2-10,12,23H,11H2,1H3,(H,27,28)(H2,22,24,25,26). The molecule has 0 amide bonds. The third-order valence-electron chi connectivity index (χ3n) is 4.25. The molecule has 0 aliphatic rings. The molecule has 0 saturated carbocycles. The van der Waals surface area contributed by atoms with Gasteiger partial charge in [-0.2, -0.15) is 4.98 Å². The SMILES string of the molecule is Cc1cc2cc(Nc3ccnc(Nc4ccc(CC(=O)O)cc4)n3)ccc2[nH]1. The first-order chi connectivity index (χ1) is 13.5. The molecule has 0 unspecified atom stereocenters. The van der Waals surface area contributed by atoms with Gasteiger partial charge in [0.2, 0.25) is 5.95 Å². The smallest absolute Gasteiger partial charge is 0.307 e. The molecule has 7 nitrogen and oxygen atoms in total. The van der Waals surface area contributed by atoms with E-state index in [2.05, 4.69) is 37.7 Å². The van der Waals surface area contributed by atoms with Crippen molar-refractivity contribution in [2.24, 2.45) is 0 Å². The number of hydrogen-bond donors (Lipinski definition) is 4. The molecular formula is C21H19N5O2. The molecule has 0 aliphatic carbocycles. The molecular weight excluding hydrogens is 354 g/mol. The number of H-pyrrole nitrogens is 1. The van der Waals surface area contributed by atoms with Gasteiger partial charge in [-0.3, -0.25) is 4.79 Å². The third-order valence-corrected chi connectivity index (χ3v) is 4.25. The van der Waals surface area contributed by atoms with Gasteiger partial charge in [-0.1, -0.05) is 12.1 Å². The normalized spacial score (nSPS) is 10.8. The van der Waals surface area contributed by atoms with Gasteiger partial charge in [0.25, 0.3) is 0 Å². The van der Waals surface area contributed by atoms with Crippen LogP contribution >= 0.6 is 0 Å². The number of nitrogens with zero attached hydrogens (tertiary/aromatic N) is 2. The molecule has 4 rings (SSSR count). The largest absolute Gasteiger partial charge is 0.481 e. The minimum Gasteiger partial charge on any atom is -0.481 e. The Morgan fingerprint density at radius 1 is 1.04 bits per heavy atom. The molecule has 4 N–H and O–H groups in total. The number of benzene rings is 2. The van der Waals surface area contributed by atoms with Crippen LogP contribution in [0.25, 0.3) is 10.9 Å². The maximum Gasteiger partial charge on any atom is 0.307 e. The van der Waals surface area contributed by atoms with Gasteiger partial charge < -0.3 is 20.7 Å². The van der Waals surface area contributed by atoms with Crippen LogP contribution in [0.1, 0.15) is 11.3 Å². The van der Waals surface area contributed by atoms with Gasteiger partial charge in [-0.25, -0.2) is 4.98 Å². The van der Waals surface area contributed by atoms with E-state index in [9.17, 15) is 4.79 Å². The second kappa shape index (κ2) is 7.40. The summed E-state index contributed by atoms with van der Waals surface area (Å²) in [5.74, 6) is 0.275. The second-order valence-electron chi connectivity index (χ2n) is 6.54. The highest BCUT2D eigenvalue weighted by molar-refractivity contribution is 5.84. The van der Waals surface area contributed by atoms with Crippen LogP contribution in [-0.2, 0) is 11.2 Å². The van der Waals surface area contributed by atoms with Gasteiger partial charge in [0.1, 0.15) is 5.82 Å². The van der Waals surface area contributed by atoms with Gasteiger partial charge in [-0.05, 0) is 55.0 Å². The number of hydrogen-bond acceptors (Lipinski definition) is 5. The topological polar surface area (TPSA) is 103 Å². The second-order valence-corrected chi connectivity index (χ2v) is 6.54. The van der Waals surface area contributed by atoms with Crippen LogP contribution in [0.4, 0.5) is 23.1 Å². The van der Waals surface area contributed by atoms with E-state index in [1.54, 1.807) is 24.4 Å². The Bertz CT molecular complexity index is 1140. The lowest BCUT2D eigenvalue weighted by molar-refractivity contribution is -0.136. The van der Waals surface area contributed by atoms with Crippen LogP contribution < -0.4 is 10.6 Å².